The van der Waals surface area contributed by atoms with E-state index in [0.29, 0.717) is 5.39 Å². The van der Waals surface area contributed by atoms with Crippen molar-refractivity contribution in [2.75, 3.05) is 0 Å². The molecule has 0 aliphatic heterocycles. The van der Waals surface area contributed by atoms with Crippen molar-refractivity contribution < 1.29 is 23.1 Å². The number of aliphatic hydroxyl groups excluding tert-OH is 1. The van der Waals surface area contributed by atoms with Gasteiger partial charge >= 0.3 is 6.18 Å². The van der Waals surface area contributed by atoms with Crippen molar-refractivity contribution in [2.24, 2.45) is 0 Å². The molecule has 0 atom stereocenters. The highest BCUT2D eigenvalue weighted by molar-refractivity contribution is 6.02. The van der Waals surface area contributed by atoms with Gasteiger partial charge in [0.25, 0.3) is 5.78 Å². The first kappa shape index (κ1) is 13.1. The Morgan fingerprint density at radius 1 is 1.05 bits per heavy atom. The highest BCUT2D eigenvalue weighted by Gasteiger charge is 2.37. The molecule has 0 aromatic heterocycles. The van der Waals surface area contributed by atoms with E-state index in [0.717, 1.165) is 5.39 Å². The summed E-state index contributed by atoms with van der Waals surface area (Å²) in [5, 5.41) is 11.0. The van der Waals surface area contributed by atoms with Gasteiger partial charge in [-0.25, -0.2) is 0 Å². The smallest absolute Gasteiger partial charge is 0.454 e. The van der Waals surface area contributed by atoms with Gasteiger partial charge in [0.15, 0.2) is 0 Å². The molecule has 98 valence electrons. The van der Waals surface area contributed by atoms with Crippen molar-refractivity contribution in [1.29, 1.82) is 0 Å². The Balaban J connectivity index is 2.51. The fourth-order valence-electron chi connectivity index (χ4n) is 1.73. The lowest BCUT2D eigenvalue weighted by molar-refractivity contribution is -0.165. The standard InChI is InChI=1S/C14H9F3O2/c15-14(16,17)13(19)8-12(18)11-7-3-5-9-4-1-2-6-10(9)11/h1-8,18H/b12-8-. The average Bonchev–Trinajstić information content (AvgIpc) is 2.36. The van der Waals surface area contributed by atoms with Gasteiger partial charge in [-0.05, 0) is 10.8 Å². The number of benzene rings is 2. The second kappa shape index (κ2) is 4.76. The summed E-state index contributed by atoms with van der Waals surface area (Å²) >= 11 is 0. The third kappa shape index (κ3) is 2.76. The predicted molar refractivity (Wildman–Crippen MR) is 65.6 cm³/mol. The second-order valence-electron chi connectivity index (χ2n) is 3.92. The number of alkyl halides is 3. The number of hydrogen-bond acceptors (Lipinski definition) is 2. The molecule has 0 spiro atoms. The first-order valence-electron chi connectivity index (χ1n) is 5.39. The quantitative estimate of drug-likeness (QED) is 0.661. The molecule has 0 bridgehead atoms. The van der Waals surface area contributed by atoms with Crippen LogP contribution >= 0.6 is 0 Å². The fraction of sp³-hybridized carbons (Fsp3) is 0.0714. The average molecular weight is 266 g/mol. The molecular weight excluding hydrogens is 257 g/mol. The second-order valence-corrected chi connectivity index (χ2v) is 3.92. The molecule has 2 aromatic carbocycles. The maximum absolute atomic E-state index is 12.1. The topological polar surface area (TPSA) is 37.3 Å². The Labute approximate surface area is 106 Å². The van der Waals surface area contributed by atoms with Gasteiger partial charge in [-0.1, -0.05) is 42.5 Å². The lowest BCUT2D eigenvalue weighted by Crippen LogP contribution is -2.20. The SMILES string of the molecule is O=C(/C=C(\O)c1cccc2ccccc12)C(F)(F)F. The van der Waals surface area contributed by atoms with Crippen LogP contribution in [-0.2, 0) is 4.79 Å². The molecule has 0 saturated carbocycles. The van der Waals surface area contributed by atoms with E-state index in [4.69, 9.17) is 0 Å². The van der Waals surface area contributed by atoms with Gasteiger partial charge in [0.05, 0.1) is 0 Å². The maximum Gasteiger partial charge on any atom is 0.454 e. The Kier molecular flexibility index (Phi) is 3.29. The molecule has 19 heavy (non-hydrogen) atoms. The molecule has 0 aliphatic rings. The number of allylic oxidation sites excluding steroid dienone is 1. The van der Waals surface area contributed by atoms with E-state index in [9.17, 15) is 23.1 Å². The molecule has 0 heterocycles. The Bertz CT molecular complexity index is 652. The monoisotopic (exact) mass is 266 g/mol. The molecule has 2 rings (SSSR count). The Morgan fingerprint density at radius 3 is 2.37 bits per heavy atom. The molecule has 0 radical (unpaired) electrons. The summed E-state index contributed by atoms with van der Waals surface area (Å²) in [5.74, 6) is -2.78. The number of carbonyl (C=O) groups is 1. The summed E-state index contributed by atoms with van der Waals surface area (Å²) < 4.78 is 36.4. The molecular formula is C14H9F3O2. The van der Waals surface area contributed by atoms with Crippen molar-refractivity contribution in [1.82, 2.24) is 0 Å². The molecule has 2 nitrogen and oxygen atoms in total. The third-order valence-corrected chi connectivity index (χ3v) is 2.61. The number of fused-ring (bicyclic) bond motifs is 1. The van der Waals surface area contributed by atoms with E-state index in [1.54, 1.807) is 36.4 Å². The molecule has 0 aliphatic carbocycles. The summed E-state index contributed by atoms with van der Waals surface area (Å²) in [6, 6.07) is 11.7. The molecule has 1 N–H and O–H groups in total. The van der Waals surface area contributed by atoms with Crippen molar-refractivity contribution in [3.05, 3.63) is 54.1 Å². The highest BCUT2D eigenvalue weighted by Crippen LogP contribution is 2.25. The van der Waals surface area contributed by atoms with E-state index in [-0.39, 0.29) is 11.6 Å². The van der Waals surface area contributed by atoms with Gasteiger partial charge in [-0.2, -0.15) is 13.2 Å². The molecule has 0 amide bonds. The van der Waals surface area contributed by atoms with E-state index in [2.05, 4.69) is 0 Å². The maximum atomic E-state index is 12.1. The Hall–Kier alpha value is -2.30. The highest BCUT2D eigenvalue weighted by atomic mass is 19.4. The first-order chi connectivity index (χ1) is 8.89. The van der Waals surface area contributed by atoms with E-state index >= 15 is 0 Å². The zero-order valence-electron chi connectivity index (χ0n) is 9.61. The third-order valence-electron chi connectivity index (χ3n) is 2.61. The van der Waals surface area contributed by atoms with Crippen LogP contribution in [0.2, 0.25) is 0 Å². The number of hydrogen-bond donors (Lipinski definition) is 1. The molecule has 0 unspecified atom stereocenters. The molecule has 5 heteroatoms. The van der Waals surface area contributed by atoms with Gasteiger partial charge in [0.2, 0.25) is 0 Å². The van der Waals surface area contributed by atoms with Gasteiger partial charge in [-0.15, -0.1) is 0 Å². The van der Waals surface area contributed by atoms with Gasteiger partial charge in [0, 0.05) is 11.6 Å². The van der Waals surface area contributed by atoms with E-state index < -0.39 is 17.7 Å². The predicted octanol–water partition coefficient (Wildman–Crippen LogP) is 3.87. The van der Waals surface area contributed by atoms with Crippen LogP contribution < -0.4 is 0 Å². The summed E-state index contributed by atoms with van der Waals surface area (Å²) in [5.41, 5.74) is 0.190. The van der Waals surface area contributed by atoms with Crippen LogP contribution in [0.1, 0.15) is 5.56 Å². The van der Waals surface area contributed by atoms with Crippen LogP contribution in [-0.4, -0.2) is 17.1 Å². The van der Waals surface area contributed by atoms with Crippen molar-refractivity contribution in [3.63, 3.8) is 0 Å². The van der Waals surface area contributed by atoms with Crippen molar-refractivity contribution in [2.45, 2.75) is 6.18 Å². The van der Waals surface area contributed by atoms with Crippen LogP contribution in [0.25, 0.3) is 16.5 Å². The van der Waals surface area contributed by atoms with Crippen LogP contribution in [0.3, 0.4) is 0 Å². The number of ketones is 1. The normalized spacial score (nSPS) is 12.7. The van der Waals surface area contributed by atoms with Gasteiger partial charge in [0.1, 0.15) is 5.76 Å². The van der Waals surface area contributed by atoms with Crippen LogP contribution in [0.5, 0.6) is 0 Å². The summed E-state index contributed by atoms with van der Waals surface area (Å²) in [4.78, 5) is 10.8. The summed E-state index contributed by atoms with van der Waals surface area (Å²) in [6.45, 7) is 0. The lowest BCUT2D eigenvalue weighted by Gasteiger charge is -2.06. The number of carbonyl (C=O) groups excluding carboxylic acids is 1. The van der Waals surface area contributed by atoms with E-state index in [1.807, 2.05) is 0 Å². The van der Waals surface area contributed by atoms with Gasteiger partial charge in [-0.3, -0.25) is 4.79 Å². The molecule has 0 fully saturated rings. The summed E-state index contributed by atoms with van der Waals surface area (Å²) in [6.07, 6.45) is -4.79. The van der Waals surface area contributed by atoms with Gasteiger partial charge < -0.3 is 5.11 Å². The zero-order valence-corrected chi connectivity index (χ0v) is 9.61. The minimum absolute atomic E-state index is 0.190. The summed E-state index contributed by atoms with van der Waals surface area (Å²) in [7, 11) is 0. The van der Waals surface area contributed by atoms with Crippen LogP contribution in [0, 0.1) is 0 Å². The molecule has 2 aromatic rings. The number of aliphatic hydroxyl groups is 1. The first-order valence-corrected chi connectivity index (χ1v) is 5.39. The van der Waals surface area contributed by atoms with Crippen molar-refractivity contribution >= 4 is 22.3 Å². The minimum atomic E-state index is -4.99. The van der Waals surface area contributed by atoms with Crippen LogP contribution in [0.4, 0.5) is 13.2 Å². The lowest BCUT2D eigenvalue weighted by atomic mass is 10.0. The number of halogens is 3. The fourth-order valence-corrected chi connectivity index (χ4v) is 1.73. The van der Waals surface area contributed by atoms with Crippen molar-refractivity contribution in [3.8, 4) is 0 Å². The van der Waals surface area contributed by atoms with Crippen LogP contribution in [0.15, 0.2) is 48.5 Å². The number of rotatable bonds is 2. The molecule has 0 saturated heterocycles. The largest absolute Gasteiger partial charge is 0.507 e. The van der Waals surface area contributed by atoms with E-state index in [1.165, 1.54) is 6.07 Å². The minimum Gasteiger partial charge on any atom is -0.507 e. The zero-order chi connectivity index (χ0) is 14.0. The Morgan fingerprint density at radius 2 is 1.68 bits per heavy atom.